The van der Waals surface area contributed by atoms with Crippen molar-refractivity contribution >= 4 is 17.4 Å². The third-order valence-corrected chi connectivity index (χ3v) is 3.88. The average molecular weight is 264 g/mol. The van der Waals surface area contributed by atoms with Crippen molar-refractivity contribution in [3.8, 4) is 6.07 Å². The minimum absolute atomic E-state index is 0.00611. The van der Waals surface area contributed by atoms with Crippen LogP contribution in [0.4, 0.5) is 0 Å². The van der Waals surface area contributed by atoms with Crippen molar-refractivity contribution in [1.29, 1.82) is 5.26 Å². The highest BCUT2D eigenvalue weighted by molar-refractivity contribution is 7.08. The fraction of sp³-hybridized carbons (Fsp3) is 0.667. The molecule has 18 heavy (non-hydrogen) atoms. The second-order valence-electron chi connectivity index (χ2n) is 4.52. The van der Waals surface area contributed by atoms with Crippen LogP contribution in [0.25, 0.3) is 0 Å². The lowest BCUT2D eigenvalue weighted by Gasteiger charge is -2.29. The maximum absolute atomic E-state index is 12.4. The maximum Gasteiger partial charge on any atom is 0.267 e. The van der Waals surface area contributed by atoms with Gasteiger partial charge in [0.25, 0.3) is 5.91 Å². The van der Waals surface area contributed by atoms with Gasteiger partial charge < -0.3 is 4.90 Å². The summed E-state index contributed by atoms with van der Waals surface area (Å²) in [4.78, 5) is 14.8. The Kier molecular flexibility index (Phi) is 4.26. The van der Waals surface area contributed by atoms with E-state index in [1.807, 2.05) is 0 Å². The Morgan fingerprint density at radius 3 is 3.22 bits per heavy atom. The van der Waals surface area contributed by atoms with Crippen LogP contribution in [-0.2, 0) is 6.42 Å². The molecular formula is C12H16N4OS. The molecule has 2 heterocycles. The van der Waals surface area contributed by atoms with Crippen LogP contribution in [0, 0.1) is 17.2 Å². The predicted octanol–water partition coefficient (Wildman–Crippen LogP) is 1.87. The van der Waals surface area contributed by atoms with Crippen LogP contribution in [0.2, 0.25) is 0 Å². The number of rotatable bonds is 3. The van der Waals surface area contributed by atoms with Gasteiger partial charge in [-0.15, -0.1) is 5.10 Å². The van der Waals surface area contributed by atoms with Crippen molar-refractivity contribution in [2.45, 2.75) is 32.6 Å². The van der Waals surface area contributed by atoms with E-state index in [1.165, 1.54) is 0 Å². The molecule has 1 unspecified atom stereocenters. The summed E-state index contributed by atoms with van der Waals surface area (Å²) in [5.74, 6) is -0.0356. The number of piperidine rings is 1. The van der Waals surface area contributed by atoms with Gasteiger partial charge in [-0.2, -0.15) is 5.26 Å². The highest BCUT2D eigenvalue weighted by atomic mass is 32.1. The molecule has 1 saturated heterocycles. The standard InChI is InChI=1S/C12H16N4OS/c1-2-4-10-11(18-15-14-10)12(17)16-6-3-5-9(7-13)8-16/h9H,2-6,8H2,1H3. The van der Waals surface area contributed by atoms with Crippen LogP contribution >= 0.6 is 11.5 Å². The number of hydrogen-bond donors (Lipinski definition) is 0. The van der Waals surface area contributed by atoms with E-state index in [4.69, 9.17) is 5.26 Å². The van der Waals surface area contributed by atoms with Gasteiger partial charge in [0.2, 0.25) is 0 Å². The minimum atomic E-state index is -0.0294. The number of likely N-dealkylation sites (tertiary alicyclic amines) is 1. The lowest BCUT2D eigenvalue weighted by molar-refractivity contribution is 0.0702. The average Bonchev–Trinajstić information content (AvgIpc) is 2.86. The summed E-state index contributed by atoms with van der Waals surface area (Å²) in [6, 6.07) is 2.25. The first-order chi connectivity index (χ1) is 8.76. The number of nitrogens with zero attached hydrogens (tertiary/aromatic N) is 4. The van der Waals surface area contributed by atoms with Crippen molar-refractivity contribution < 1.29 is 4.79 Å². The molecule has 1 aromatic rings. The molecule has 0 N–H and O–H groups in total. The summed E-state index contributed by atoms with van der Waals surface area (Å²) in [5, 5.41) is 13.0. The van der Waals surface area contributed by atoms with Gasteiger partial charge in [-0.05, 0) is 30.8 Å². The summed E-state index contributed by atoms with van der Waals surface area (Å²) in [5.41, 5.74) is 0.798. The molecule has 5 nitrogen and oxygen atoms in total. The number of aromatic nitrogens is 2. The van der Waals surface area contributed by atoms with Gasteiger partial charge in [0.05, 0.1) is 17.7 Å². The second-order valence-corrected chi connectivity index (χ2v) is 5.27. The molecule has 1 atom stereocenters. The summed E-state index contributed by atoms with van der Waals surface area (Å²) >= 11 is 1.16. The Morgan fingerprint density at radius 1 is 1.67 bits per heavy atom. The SMILES string of the molecule is CCCc1nnsc1C(=O)N1CCCC(C#N)C1. The molecule has 1 aromatic heterocycles. The Balaban J connectivity index is 2.10. The van der Waals surface area contributed by atoms with Crippen LogP contribution < -0.4 is 0 Å². The van der Waals surface area contributed by atoms with Gasteiger partial charge >= 0.3 is 0 Å². The van der Waals surface area contributed by atoms with Gasteiger partial charge in [0.15, 0.2) is 0 Å². The Bertz CT molecular complexity index is 465. The van der Waals surface area contributed by atoms with E-state index >= 15 is 0 Å². The van der Waals surface area contributed by atoms with Gasteiger partial charge in [-0.25, -0.2) is 0 Å². The molecule has 0 aromatic carbocycles. The lowest BCUT2D eigenvalue weighted by Crippen LogP contribution is -2.39. The molecular weight excluding hydrogens is 248 g/mol. The maximum atomic E-state index is 12.4. The lowest BCUT2D eigenvalue weighted by atomic mass is 9.99. The number of carbonyl (C=O) groups excluding carboxylic acids is 1. The topological polar surface area (TPSA) is 69.9 Å². The molecule has 0 spiro atoms. The van der Waals surface area contributed by atoms with Gasteiger partial charge in [-0.3, -0.25) is 4.79 Å². The zero-order valence-electron chi connectivity index (χ0n) is 10.4. The minimum Gasteiger partial charge on any atom is -0.337 e. The number of aryl methyl sites for hydroxylation is 1. The third kappa shape index (κ3) is 2.67. The van der Waals surface area contributed by atoms with E-state index in [-0.39, 0.29) is 11.8 Å². The third-order valence-electron chi connectivity index (χ3n) is 3.13. The normalized spacial score (nSPS) is 19.6. The zero-order valence-corrected chi connectivity index (χ0v) is 11.2. The first kappa shape index (κ1) is 13.0. The van der Waals surface area contributed by atoms with Gasteiger partial charge in [0, 0.05) is 13.1 Å². The summed E-state index contributed by atoms with van der Waals surface area (Å²) < 4.78 is 3.87. The summed E-state index contributed by atoms with van der Waals surface area (Å²) in [7, 11) is 0. The number of hydrogen-bond acceptors (Lipinski definition) is 5. The molecule has 1 aliphatic rings. The van der Waals surface area contributed by atoms with E-state index in [9.17, 15) is 4.79 Å². The smallest absolute Gasteiger partial charge is 0.267 e. The Hall–Kier alpha value is -1.48. The van der Waals surface area contributed by atoms with E-state index in [0.29, 0.717) is 11.4 Å². The highest BCUT2D eigenvalue weighted by Crippen LogP contribution is 2.21. The highest BCUT2D eigenvalue weighted by Gasteiger charge is 2.27. The number of amides is 1. The van der Waals surface area contributed by atoms with Crippen molar-refractivity contribution in [1.82, 2.24) is 14.5 Å². The fourth-order valence-electron chi connectivity index (χ4n) is 2.18. The molecule has 1 amide bonds. The molecule has 2 rings (SSSR count). The van der Waals surface area contributed by atoms with E-state index in [0.717, 1.165) is 49.5 Å². The van der Waals surface area contributed by atoms with Crippen molar-refractivity contribution in [3.63, 3.8) is 0 Å². The summed E-state index contributed by atoms with van der Waals surface area (Å²) in [6.07, 6.45) is 3.53. The molecule has 0 radical (unpaired) electrons. The zero-order chi connectivity index (χ0) is 13.0. The van der Waals surface area contributed by atoms with Gasteiger partial charge in [0.1, 0.15) is 4.88 Å². The molecule has 1 aliphatic heterocycles. The Labute approximate surface area is 111 Å². The van der Waals surface area contributed by atoms with Crippen LogP contribution in [0.15, 0.2) is 0 Å². The van der Waals surface area contributed by atoms with Crippen molar-refractivity contribution in [2.75, 3.05) is 13.1 Å². The molecule has 6 heteroatoms. The molecule has 96 valence electrons. The van der Waals surface area contributed by atoms with Crippen LogP contribution in [0.5, 0.6) is 0 Å². The van der Waals surface area contributed by atoms with E-state index < -0.39 is 0 Å². The van der Waals surface area contributed by atoms with Crippen molar-refractivity contribution in [2.24, 2.45) is 5.92 Å². The van der Waals surface area contributed by atoms with E-state index in [2.05, 4.69) is 22.6 Å². The first-order valence-corrected chi connectivity index (χ1v) is 7.03. The largest absolute Gasteiger partial charge is 0.337 e. The van der Waals surface area contributed by atoms with Crippen LogP contribution in [-0.4, -0.2) is 33.5 Å². The molecule has 1 fully saturated rings. The molecule has 0 bridgehead atoms. The monoisotopic (exact) mass is 264 g/mol. The molecule has 0 aliphatic carbocycles. The van der Waals surface area contributed by atoms with Crippen molar-refractivity contribution in [3.05, 3.63) is 10.6 Å². The predicted molar refractivity (Wildman–Crippen MR) is 68.1 cm³/mol. The van der Waals surface area contributed by atoms with Gasteiger partial charge in [-0.1, -0.05) is 17.8 Å². The second kappa shape index (κ2) is 5.91. The number of carbonyl (C=O) groups is 1. The molecule has 0 saturated carbocycles. The van der Waals surface area contributed by atoms with E-state index in [1.54, 1.807) is 4.90 Å². The summed E-state index contributed by atoms with van der Waals surface area (Å²) in [6.45, 7) is 3.33. The van der Waals surface area contributed by atoms with Crippen LogP contribution in [0.1, 0.15) is 41.6 Å². The fourth-order valence-corrected chi connectivity index (χ4v) is 2.86. The van der Waals surface area contributed by atoms with Crippen LogP contribution in [0.3, 0.4) is 0 Å². The number of nitriles is 1. The Morgan fingerprint density at radius 2 is 2.50 bits per heavy atom. The quantitative estimate of drug-likeness (QED) is 0.835. The first-order valence-electron chi connectivity index (χ1n) is 6.26.